The average molecular weight is 301 g/mol. The molecule has 0 bridgehead atoms. The molecule has 2 aromatic rings. The van der Waals surface area contributed by atoms with Gasteiger partial charge in [-0.05, 0) is 18.6 Å². The zero-order valence-electron chi connectivity index (χ0n) is 13.5. The Kier molecular flexibility index (Phi) is 6.74. The van der Waals surface area contributed by atoms with Crippen LogP contribution in [-0.2, 0) is 6.54 Å². The van der Waals surface area contributed by atoms with Crippen LogP contribution in [0.4, 0.5) is 0 Å². The summed E-state index contributed by atoms with van der Waals surface area (Å²) >= 11 is 0. The number of nitrogens with one attached hydrogen (secondary N) is 1. The summed E-state index contributed by atoms with van der Waals surface area (Å²) in [4.78, 5) is 8.84. The first-order chi connectivity index (χ1) is 10.8. The molecule has 2 heterocycles. The van der Waals surface area contributed by atoms with Gasteiger partial charge in [-0.15, -0.1) is 0 Å². The topological polar surface area (TPSA) is 67.7 Å². The van der Waals surface area contributed by atoms with Crippen molar-refractivity contribution in [1.82, 2.24) is 14.7 Å². The van der Waals surface area contributed by atoms with Crippen molar-refractivity contribution in [1.29, 1.82) is 0 Å². The molecule has 0 saturated heterocycles. The zero-order valence-corrected chi connectivity index (χ0v) is 13.5. The maximum Gasteiger partial charge on any atom is 0.188 e. The zero-order chi connectivity index (χ0) is 15.6. The highest BCUT2D eigenvalue weighted by Gasteiger charge is 2.00. The van der Waals surface area contributed by atoms with E-state index >= 15 is 0 Å². The predicted octanol–water partition coefficient (Wildman–Crippen LogP) is 3.10. The van der Waals surface area contributed by atoms with Crippen molar-refractivity contribution >= 4 is 11.6 Å². The normalized spacial score (nSPS) is 12.0. The standard InChI is InChI=1S/C17H27N5/c1-2-3-4-5-6-8-11-19-17(18)20-13-15-14-22-12-9-7-10-16(22)21-15/h7,9-10,12,14H,2-6,8,11,13H2,1H3,(H3,18,19,20). The third-order valence-electron chi connectivity index (χ3n) is 3.66. The summed E-state index contributed by atoms with van der Waals surface area (Å²) in [7, 11) is 0. The van der Waals surface area contributed by atoms with E-state index < -0.39 is 0 Å². The van der Waals surface area contributed by atoms with Crippen LogP contribution in [0.2, 0.25) is 0 Å². The number of aliphatic imine (C=N–C) groups is 1. The number of pyridine rings is 1. The molecule has 0 unspecified atom stereocenters. The molecule has 22 heavy (non-hydrogen) atoms. The quantitative estimate of drug-likeness (QED) is 0.425. The van der Waals surface area contributed by atoms with Crippen LogP contribution in [0.5, 0.6) is 0 Å². The molecule has 0 saturated carbocycles. The van der Waals surface area contributed by atoms with Crippen molar-refractivity contribution in [3.63, 3.8) is 0 Å². The van der Waals surface area contributed by atoms with Crippen molar-refractivity contribution in [2.45, 2.75) is 52.0 Å². The van der Waals surface area contributed by atoms with Gasteiger partial charge in [0, 0.05) is 18.9 Å². The largest absolute Gasteiger partial charge is 0.370 e. The van der Waals surface area contributed by atoms with Crippen LogP contribution in [0.15, 0.2) is 35.6 Å². The SMILES string of the molecule is CCCCCCCCNC(N)=NCc1cn2ccccc2n1. The minimum absolute atomic E-state index is 0.505. The molecular formula is C17H27N5. The van der Waals surface area contributed by atoms with Crippen molar-refractivity contribution in [3.8, 4) is 0 Å². The molecule has 0 aliphatic heterocycles. The number of nitrogens with zero attached hydrogens (tertiary/aromatic N) is 3. The fraction of sp³-hybridized carbons (Fsp3) is 0.529. The number of hydrogen-bond acceptors (Lipinski definition) is 2. The fourth-order valence-electron chi connectivity index (χ4n) is 2.41. The van der Waals surface area contributed by atoms with E-state index in [0.29, 0.717) is 12.5 Å². The number of fused-ring (bicyclic) bond motifs is 1. The van der Waals surface area contributed by atoms with Crippen molar-refractivity contribution in [2.24, 2.45) is 10.7 Å². The third-order valence-corrected chi connectivity index (χ3v) is 3.66. The monoisotopic (exact) mass is 301 g/mol. The molecule has 0 aliphatic rings. The second-order valence-corrected chi connectivity index (χ2v) is 5.59. The van der Waals surface area contributed by atoms with E-state index in [0.717, 1.165) is 24.3 Å². The first kappa shape index (κ1) is 16.3. The number of guanidine groups is 1. The number of nitrogens with two attached hydrogens (primary N) is 1. The molecule has 0 fully saturated rings. The minimum Gasteiger partial charge on any atom is -0.370 e. The van der Waals surface area contributed by atoms with Crippen molar-refractivity contribution in [2.75, 3.05) is 6.54 Å². The van der Waals surface area contributed by atoms with E-state index in [-0.39, 0.29) is 0 Å². The second-order valence-electron chi connectivity index (χ2n) is 5.59. The van der Waals surface area contributed by atoms with E-state index in [9.17, 15) is 0 Å². The molecule has 0 amide bonds. The van der Waals surface area contributed by atoms with Crippen molar-refractivity contribution < 1.29 is 0 Å². The maximum atomic E-state index is 5.88. The Balaban J connectivity index is 1.66. The molecule has 0 radical (unpaired) electrons. The predicted molar refractivity (Wildman–Crippen MR) is 91.9 cm³/mol. The maximum absolute atomic E-state index is 5.88. The lowest BCUT2D eigenvalue weighted by atomic mass is 10.1. The molecule has 0 aliphatic carbocycles. The highest BCUT2D eigenvalue weighted by Crippen LogP contribution is 2.05. The van der Waals surface area contributed by atoms with Gasteiger partial charge in [-0.25, -0.2) is 9.98 Å². The first-order valence-corrected chi connectivity index (χ1v) is 8.26. The highest BCUT2D eigenvalue weighted by molar-refractivity contribution is 5.77. The van der Waals surface area contributed by atoms with Crippen LogP contribution >= 0.6 is 0 Å². The lowest BCUT2D eigenvalue weighted by Crippen LogP contribution is -2.32. The molecule has 0 aromatic carbocycles. The molecule has 0 spiro atoms. The number of aromatic nitrogens is 2. The molecule has 0 atom stereocenters. The van der Waals surface area contributed by atoms with E-state index in [2.05, 4.69) is 22.2 Å². The molecular weight excluding hydrogens is 274 g/mol. The summed E-state index contributed by atoms with van der Waals surface area (Å²) in [5.41, 5.74) is 7.75. The van der Waals surface area contributed by atoms with E-state index in [1.165, 1.54) is 32.1 Å². The van der Waals surface area contributed by atoms with Gasteiger partial charge in [-0.3, -0.25) is 0 Å². The lowest BCUT2D eigenvalue weighted by Gasteiger charge is -2.05. The Morgan fingerprint density at radius 1 is 1.23 bits per heavy atom. The van der Waals surface area contributed by atoms with Crippen LogP contribution < -0.4 is 11.1 Å². The minimum atomic E-state index is 0.505. The number of unbranched alkanes of at least 4 members (excludes halogenated alkanes) is 5. The van der Waals surface area contributed by atoms with Gasteiger partial charge in [0.15, 0.2) is 5.96 Å². The summed E-state index contributed by atoms with van der Waals surface area (Å²) < 4.78 is 1.99. The molecule has 2 rings (SSSR count). The van der Waals surface area contributed by atoms with Crippen LogP contribution in [0.1, 0.15) is 51.1 Å². The fourth-order valence-corrected chi connectivity index (χ4v) is 2.41. The Bertz CT molecular complexity index is 555. The van der Waals surface area contributed by atoms with Gasteiger partial charge < -0.3 is 15.5 Å². The molecule has 120 valence electrons. The Labute approximate surface area is 132 Å². The highest BCUT2D eigenvalue weighted by atomic mass is 15.1. The average Bonchev–Trinajstić information content (AvgIpc) is 2.95. The summed E-state index contributed by atoms with van der Waals surface area (Å²) in [6, 6.07) is 5.94. The van der Waals surface area contributed by atoms with Crippen molar-refractivity contribution in [3.05, 3.63) is 36.3 Å². The smallest absolute Gasteiger partial charge is 0.188 e. The van der Waals surface area contributed by atoms with Gasteiger partial charge in [0.05, 0.1) is 12.2 Å². The van der Waals surface area contributed by atoms with Gasteiger partial charge in [-0.2, -0.15) is 0 Å². The van der Waals surface area contributed by atoms with Gasteiger partial charge in [-0.1, -0.05) is 45.1 Å². The van der Waals surface area contributed by atoms with Crippen LogP contribution in [0, 0.1) is 0 Å². The Hall–Kier alpha value is -2.04. The van der Waals surface area contributed by atoms with E-state index in [1.807, 2.05) is 35.0 Å². The molecule has 3 N–H and O–H groups in total. The third kappa shape index (κ3) is 5.39. The Morgan fingerprint density at radius 3 is 2.86 bits per heavy atom. The van der Waals surface area contributed by atoms with E-state index in [4.69, 9.17) is 5.73 Å². The van der Waals surface area contributed by atoms with Gasteiger partial charge in [0.25, 0.3) is 0 Å². The number of rotatable bonds is 9. The summed E-state index contributed by atoms with van der Waals surface area (Å²) in [5, 5.41) is 3.17. The molecule has 5 heteroatoms. The summed E-state index contributed by atoms with van der Waals surface area (Å²) in [6.45, 7) is 3.64. The lowest BCUT2D eigenvalue weighted by molar-refractivity contribution is 0.601. The molecule has 5 nitrogen and oxygen atoms in total. The van der Waals surface area contributed by atoms with Crippen LogP contribution in [0.3, 0.4) is 0 Å². The molecule has 2 aromatic heterocycles. The Morgan fingerprint density at radius 2 is 2.05 bits per heavy atom. The first-order valence-electron chi connectivity index (χ1n) is 8.26. The van der Waals surface area contributed by atoms with Crippen LogP contribution in [-0.4, -0.2) is 21.9 Å². The second kappa shape index (κ2) is 9.07. The van der Waals surface area contributed by atoms with Gasteiger partial charge in [0.2, 0.25) is 0 Å². The summed E-state index contributed by atoms with van der Waals surface area (Å²) in [6.07, 6.45) is 11.7. The van der Waals surface area contributed by atoms with Crippen LogP contribution in [0.25, 0.3) is 5.65 Å². The number of hydrogen-bond donors (Lipinski definition) is 2. The summed E-state index contributed by atoms with van der Waals surface area (Å²) in [5.74, 6) is 0.505. The van der Waals surface area contributed by atoms with Gasteiger partial charge >= 0.3 is 0 Å². The van der Waals surface area contributed by atoms with E-state index in [1.54, 1.807) is 0 Å². The number of imidazole rings is 1. The van der Waals surface area contributed by atoms with Gasteiger partial charge in [0.1, 0.15) is 5.65 Å².